The van der Waals surface area contributed by atoms with Gasteiger partial charge in [-0.05, 0) is 58.8 Å². The molecular weight excluding hydrogens is 412 g/mol. The molecule has 0 atom stereocenters. The fourth-order valence-electron chi connectivity index (χ4n) is 2.25. The van der Waals surface area contributed by atoms with Gasteiger partial charge >= 0.3 is 5.97 Å². The van der Waals surface area contributed by atoms with Crippen molar-refractivity contribution in [2.45, 2.75) is 13.8 Å². The molecule has 7 heteroatoms. The zero-order valence-electron chi connectivity index (χ0n) is 14.6. The van der Waals surface area contributed by atoms with Gasteiger partial charge in [-0.2, -0.15) is 5.26 Å². The number of nitrogens with zero attached hydrogens (tertiary/aromatic N) is 1. The van der Waals surface area contributed by atoms with E-state index in [1.807, 2.05) is 6.07 Å². The first kappa shape index (κ1) is 20.1. The second-order valence-electron chi connectivity index (χ2n) is 5.51. The van der Waals surface area contributed by atoms with Crippen LogP contribution in [0.4, 0.5) is 5.69 Å². The standard InChI is InChI=1S/C20H15BrN2O4/c1-12(24)16-5-3-4-6-18(16)23-20(26)15(11-22)9-14-7-8-19(17(21)10-14)27-13(2)25/h3-10H,1-2H3,(H,23,26)/b15-9-. The SMILES string of the molecule is CC(=O)Oc1ccc(/C=C(/C#N)C(=O)Nc2ccccc2C(C)=O)cc1Br. The minimum absolute atomic E-state index is 0.138. The number of anilines is 1. The van der Waals surface area contributed by atoms with Gasteiger partial charge in [0.15, 0.2) is 5.78 Å². The molecule has 2 rings (SSSR count). The van der Waals surface area contributed by atoms with Gasteiger partial charge in [-0.1, -0.05) is 18.2 Å². The van der Waals surface area contributed by atoms with E-state index in [0.29, 0.717) is 27.0 Å². The Morgan fingerprint density at radius 1 is 1.15 bits per heavy atom. The zero-order valence-corrected chi connectivity index (χ0v) is 16.2. The number of carbonyl (C=O) groups is 3. The molecule has 1 amide bonds. The summed E-state index contributed by atoms with van der Waals surface area (Å²) in [6.07, 6.45) is 1.40. The summed E-state index contributed by atoms with van der Waals surface area (Å²) in [7, 11) is 0. The van der Waals surface area contributed by atoms with Gasteiger partial charge in [0.25, 0.3) is 5.91 Å². The summed E-state index contributed by atoms with van der Waals surface area (Å²) in [5, 5.41) is 11.9. The van der Waals surface area contributed by atoms with Crippen molar-refractivity contribution in [2.75, 3.05) is 5.32 Å². The molecule has 0 unspecified atom stereocenters. The lowest BCUT2D eigenvalue weighted by molar-refractivity contribution is -0.131. The average Bonchev–Trinajstić information content (AvgIpc) is 2.61. The van der Waals surface area contributed by atoms with Crippen LogP contribution in [-0.2, 0) is 9.59 Å². The monoisotopic (exact) mass is 426 g/mol. The molecule has 0 bridgehead atoms. The Hall–Kier alpha value is -3.24. The molecular formula is C20H15BrN2O4. The number of carbonyl (C=O) groups excluding carboxylic acids is 3. The van der Waals surface area contributed by atoms with Crippen molar-refractivity contribution >= 4 is 45.4 Å². The lowest BCUT2D eigenvalue weighted by Gasteiger charge is -2.09. The molecule has 0 aliphatic carbocycles. The van der Waals surface area contributed by atoms with Gasteiger partial charge in [0.05, 0.1) is 10.2 Å². The van der Waals surface area contributed by atoms with Crippen LogP contribution >= 0.6 is 15.9 Å². The van der Waals surface area contributed by atoms with Gasteiger partial charge in [0.2, 0.25) is 0 Å². The molecule has 1 N–H and O–H groups in total. The predicted molar refractivity (Wildman–Crippen MR) is 104 cm³/mol. The molecule has 0 spiro atoms. The number of hydrogen-bond donors (Lipinski definition) is 1. The topological polar surface area (TPSA) is 96.3 Å². The molecule has 0 fully saturated rings. The molecule has 0 aliphatic heterocycles. The van der Waals surface area contributed by atoms with E-state index in [9.17, 15) is 19.6 Å². The van der Waals surface area contributed by atoms with E-state index in [-0.39, 0.29) is 11.4 Å². The van der Waals surface area contributed by atoms with Crippen LogP contribution in [0.5, 0.6) is 5.75 Å². The number of esters is 1. The highest BCUT2D eigenvalue weighted by Crippen LogP contribution is 2.27. The molecule has 0 saturated carbocycles. The second-order valence-corrected chi connectivity index (χ2v) is 6.36. The van der Waals surface area contributed by atoms with Gasteiger partial charge in [0.1, 0.15) is 17.4 Å². The number of Topliss-reactive ketones (excluding diaryl/α,β-unsaturated/α-hetero) is 1. The Labute approximate surface area is 164 Å². The van der Waals surface area contributed by atoms with E-state index in [0.717, 1.165) is 0 Å². The minimum atomic E-state index is -0.633. The van der Waals surface area contributed by atoms with E-state index >= 15 is 0 Å². The number of ether oxygens (including phenoxy) is 1. The number of rotatable bonds is 5. The Balaban J connectivity index is 2.27. The van der Waals surface area contributed by atoms with Crippen molar-refractivity contribution in [3.63, 3.8) is 0 Å². The number of benzene rings is 2. The fourth-order valence-corrected chi connectivity index (χ4v) is 2.73. The van der Waals surface area contributed by atoms with Gasteiger partial charge in [-0.25, -0.2) is 0 Å². The van der Waals surface area contributed by atoms with E-state index in [1.165, 1.54) is 19.9 Å². The molecule has 0 radical (unpaired) electrons. The predicted octanol–water partition coefficient (Wildman–Crippen LogP) is 4.12. The van der Waals surface area contributed by atoms with Crippen LogP contribution in [0.2, 0.25) is 0 Å². The number of nitrogens with one attached hydrogen (secondary N) is 1. The quantitative estimate of drug-likeness (QED) is 0.255. The lowest BCUT2D eigenvalue weighted by Crippen LogP contribution is -2.15. The number of ketones is 1. The Kier molecular flexibility index (Phi) is 6.63. The molecule has 136 valence electrons. The van der Waals surface area contributed by atoms with Crippen molar-refractivity contribution < 1.29 is 19.1 Å². The first-order valence-corrected chi connectivity index (χ1v) is 8.62. The third kappa shape index (κ3) is 5.36. The summed E-state index contributed by atoms with van der Waals surface area (Å²) in [4.78, 5) is 35.1. The van der Waals surface area contributed by atoms with Crippen molar-refractivity contribution in [2.24, 2.45) is 0 Å². The van der Waals surface area contributed by atoms with Crippen LogP contribution < -0.4 is 10.1 Å². The van der Waals surface area contributed by atoms with Gasteiger partial charge in [-0.3, -0.25) is 14.4 Å². The molecule has 0 aliphatic rings. The third-order valence-corrected chi connectivity index (χ3v) is 4.06. The van der Waals surface area contributed by atoms with Crippen LogP contribution in [0, 0.1) is 11.3 Å². The van der Waals surface area contributed by atoms with Crippen LogP contribution in [0.1, 0.15) is 29.8 Å². The Bertz CT molecular complexity index is 990. The first-order valence-electron chi connectivity index (χ1n) is 7.83. The number of hydrogen-bond acceptors (Lipinski definition) is 5. The second kappa shape index (κ2) is 8.92. The average molecular weight is 427 g/mol. The highest BCUT2D eigenvalue weighted by Gasteiger charge is 2.14. The normalized spacial score (nSPS) is 10.7. The maximum atomic E-state index is 12.4. The number of halogens is 1. The van der Waals surface area contributed by atoms with Gasteiger partial charge in [0, 0.05) is 12.5 Å². The Morgan fingerprint density at radius 2 is 1.85 bits per heavy atom. The van der Waals surface area contributed by atoms with E-state index in [2.05, 4.69) is 21.2 Å². The van der Waals surface area contributed by atoms with Crippen molar-refractivity contribution in [3.8, 4) is 11.8 Å². The summed E-state index contributed by atoms with van der Waals surface area (Å²) in [5.74, 6) is -0.956. The highest BCUT2D eigenvalue weighted by molar-refractivity contribution is 9.10. The summed E-state index contributed by atoms with van der Waals surface area (Å²) >= 11 is 3.28. The first-order chi connectivity index (χ1) is 12.8. The van der Waals surface area contributed by atoms with E-state index in [4.69, 9.17) is 4.74 Å². The smallest absolute Gasteiger partial charge is 0.308 e. The van der Waals surface area contributed by atoms with E-state index < -0.39 is 11.9 Å². The van der Waals surface area contributed by atoms with Crippen LogP contribution in [0.15, 0.2) is 52.5 Å². The fraction of sp³-hybridized carbons (Fsp3) is 0.100. The molecule has 0 saturated heterocycles. The van der Waals surface area contributed by atoms with Crippen molar-refractivity contribution in [1.82, 2.24) is 0 Å². The van der Waals surface area contributed by atoms with Gasteiger partial charge < -0.3 is 10.1 Å². The largest absolute Gasteiger partial charge is 0.426 e. The maximum Gasteiger partial charge on any atom is 0.308 e. The molecule has 6 nitrogen and oxygen atoms in total. The molecule has 27 heavy (non-hydrogen) atoms. The number of amides is 1. The van der Waals surface area contributed by atoms with Crippen LogP contribution in [0.25, 0.3) is 6.08 Å². The zero-order chi connectivity index (χ0) is 20.0. The molecule has 2 aromatic carbocycles. The molecule has 2 aromatic rings. The number of nitriles is 1. The summed E-state index contributed by atoms with van der Waals surface area (Å²) < 4.78 is 5.52. The van der Waals surface area contributed by atoms with Gasteiger partial charge in [-0.15, -0.1) is 0 Å². The highest BCUT2D eigenvalue weighted by atomic mass is 79.9. The minimum Gasteiger partial charge on any atom is -0.426 e. The van der Waals surface area contributed by atoms with E-state index in [1.54, 1.807) is 42.5 Å². The van der Waals surface area contributed by atoms with Crippen molar-refractivity contribution in [1.29, 1.82) is 5.26 Å². The van der Waals surface area contributed by atoms with Crippen LogP contribution in [-0.4, -0.2) is 17.7 Å². The summed E-state index contributed by atoms with van der Waals surface area (Å²) in [6.45, 7) is 2.69. The lowest BCUT2D eigenvalue weighted by atomic mass is 10.1. The molecule has 0 heterocycles. The maximum absolute atomic E-state index is 12.4. The third-order valence-electron chi connectivity index (χ3n) is 3.44. The van der Waals surface area contributed by atoms with Crippen molar-refractivity contribution in [3.05, 3.63) is 63.6 Å². The Morgan fingerprint density at radius 3 is 2.44 bits per heavy atom. The number of para-hydroxylation sites is 1. The summed E-state index contributed by atoms with van der Waals surface area (Å²) in [6, 6.07) is 13.2. The molecule has 0 aromatic heterocycles. The van der Waals surface area contributed by atoms with Crippen LogP contribution in [0.3, 0.4) is 0 Å². The summed E-state index contributed by atoms with van der Waals surface area (Å²) in [5.41, 5.74) is 1.11.